The molecule has 6 nitrogen and oxygen atoms in total. The first kappa shape index (κ1) is 12.8. The molecule has 1 rings (SSSR count). The molecule has 0 saturated carbocycles. The number of likely N-dealkylation sites (N-methyl/N-ethyl adjacent to an activating group) is 1. The molecule has 0 atom stereocenters. The summed E-state index contributed by atoms with van der Waals surface area (Å²) in [6.45, 7) is 4.98. The van der Waals surface area contributed by atoms with E-state index >= 15 is 0 Å². The summed E-state index contributed by atoms with van der Waals surface area (Å²) < 4.78 is 5.30. The third-order valence-corrected chi connectivity index (χ3v) is 2.58. The lowest BCUT2D eigenvalue weighted by atomic mass is 10.0. The third-order valence-electron chi connectivity index (χ3n) is 2.58. The number of rotatable bonds is 2. The molecule has 0 bridgehead atoms. The number of carbonyl (C=O) groups excluding carboxylic acids is 1. The Labute approximate surface area is 94.8 Å². The molecule has 1 aliphatic heterocycles. The fraction of sp³-hybridized carbons (Fsp3) is 0.800. The van der Waals surface area contributed by atoms with Crippen LogP contribution < -0.4 is 0 Å². The molecule has 16 heavy (non-hydrogen) atoms. The number of amides is 2. The summed E-state index contributed by atoms with van der Waals surface area (Å²) >= 11 is 0. The van der Waals surface area contributed by atoms with Crippen LogP contribution in [0.1, 0.15) is 13.8 Å². The van der Waals surface area contributed by atoms with Crippen LogP contribution in [0.3, 0.4) is 0 Å². The van der Waals surface area contributed by atoms with Crippen LogP contribution in [0.25, 0.3) is 0 Å². The van der Waals surface area contributed by atoms with E-state index in [0.29, 0.717) is 19.8 Å². The predicted octanol–water partition coefficient (Wildman–Crippen LogP) is 0.234. The van der Waals surface area contributed by atoms with Crippen molar-refractivity contribution in [2.45, 2.75) is 19.4 Å². The molecule has 0 aromatic carbocycles. The van der Waals surface area contributed by atoms with Crippen LogP contribution in [0.15, 0.2) is 0 Å². The highest BCUT2D eigenvalue weighted by Gasteiger charge is 2.35. The molecule has 1 N–H and O–H groups in total. The monoisotopic (exact) mass is 230 g/mol. The average Bonchev–Trinajstić information content (AvgIpc) is 2.15. The van der Waals surface area contributed by atoms with E-state index in [9.17, 15) is 9.59 Å². The van der Waals surface area contributed by atoms with Crippen LogP contribution in [0, 0.1) is 0 Å². The maximum Gasteiger partial charge on any atom is 0.323 e. The third kappa shape index (κ3) is 2.85. The van der Waals surface area contributed by atoms with E-state index in [2.05, 4.69) is 0 Å². The van der Waals surface area contributed by atoms with E-state index in [1.165, 1.54) is 11.9 Å². The van der Waals surface area contributed by atoms with Gasteiger partial charge in [-0.3, -0.25) is 4.79 Å². The van der Waals surface area contributed by atoms with Crippen molar-refractivity contribution in [3.63, 3.8) is 0 Å². The Kier molecular flexibility index (Phi) is 3.74. The molecule has 0 radical (unpaired) electrons. The van der Waals surface area contributed by atoms with Crippen molar-refractivity contribution in [2.75, 3.05) is 33.4 Å². The lowest BCUT2D eigenvalue weighted by Crippen LogP contribution is -2.58. The van der Waals surface area contributed by atoms with Gasteiger partial charge in [-0.15, -0.1) is 0 Å². The van der Waals surface area contributed by atoms with Crippen LogP contribution in [-0.4, -0.2) is 65.8 Å². The number of urea groups is 1. The molecule has 0 unspecified atom stereocenters. The number of ether oxygens (including phenoxy) is 1. The first-order valence-electron chi connectivity index (χ1n) is 5.17. The van der Waals surface area contributed by atoms with E-state index in [1.54, 1.807) is 4.90 Å². The number of hydrogen-bond donors (Lipinski definition) is 1. The minimum absolute atomic E-state index is 0.268. The minimum Gasteiger partial charge on any atom is -0.480 e. The molecule has 0 spiro atoms. The number of nitrogens with zero attached hydrogens (tertiary/aromatic N) is 2. The van der Waals surface area contributed by atoms with Crippen molar-refractivity contribution in [1.29, 1.82) is 0 Å². The number of carbonyl (C=O) groups is 2. The van der Waals surface area contributed by atoms with Gasteiger partial charge in [-0.1, -0.05) is 0 Å². The van der Waals surface area contributed by atoms with Gasteiger partial charge >= 0.3 is 12.0 Å². The number of carboxylic acid groups (broad SMARTS) is 1. The standard InChI is InChI=1S/C10H18N2O4/c1-10(2)7-16-5-4-12(10)9(15)11(3)6-8(13)14/h4-7H2,1-3H3,(H,13,14). The Morgan fingerprint density at radius 3 is 2.62 bits per heavy atom. The fourth-order valence-corrected chi connectivity index (χ4v) is 1.69. The van der Waals surface area contributed by atoms with Crippen LogP contribution in [0.4, 0.5) is 4.79 Å². The second kappa shape index (κ2) is 4.69. The fourth-order valence-electron chi connectivity index (χ4n) is 1.69. The lowest BCUT2D eigenvalue weighted by Gasteiger charge is -2.43. The topological polar surface area (TPSA) is 70.1 Å². The zero-order valence-corrected chi connectivity index (χ0v) is 9.89. The molecule has 1 heterocycles. The first-order valence-corrected chi connectivity index (χ1v) is 5.17. The quantitative estimate of drug-likeness (QED) is 0.737. The molecule has 2 amide bonds. The van der Waals surface area contributed by atoms with Crippen molar-refractivity contribution < 1.29 is 19.4 Å². The second-order valence-corrected chi connectivity index (χ2v) is 4.55. The van der Waals surface area contributed by atoms with Crippen LogP contribution in [0.2, 0.25) is 0 Å². The van der Waals surface area contributed by atoms with E-state index in [4.69, 9.17) is 9.84 Å². The van der Waals surface area contributed by atoms with Crippen molar-refractivity contribution in [3.8, 4) is 0 Å². The Morgan fingerprint density at radius 1 is 1.50 bits per heavy atom. The Hall–Kier alpha value is -1.30. The molecule has 1 aliphatic rings. The molecule has 0 aromatic rings. The van der Waals surface area contributed by atoms with Crippen LogP contribution in [-0.2, 0) is 9.53 Å². The van der Waals surface area contributed by atoms with Gasteiger partial charge in [0.25, 0.3) is 0 Å². The van der Waals surface area contributed by atoms with E-state index in [-0.39, 0.29) is 18.1 Å². The first-order chi connectivity index (χ1) is 7.34. The van der Waals surface area contributed by atoms with Crippen molar-refractivity contribution in [3.05, 3.63) is 0 Å². The predicted molar refractivity (Wildman–Crippen MR) is 57.3 cm³/mol. The van der Waals surface area contributed by atoms with Gasteiger partial charge in [-0.25, -0.2) is 4.79 Å². The van der Waals surface area contributed by atoms with Gasteiger partial charge in [0.05, 0.1) is 18.8 Å². The number of carboxylic acids is 1. The largest absolute Gasteiger partial charge is 0.480 e. The Morgan fingerprint density at radius 2 is 2.12 bits per heavy atom. The summed E-state index contributed by atoms with van der Waals surface area (Å²) in [7, 11) is 1.49. The molecular weight excluding hydrogens is 212 g/mol. The van der Waals surface area contributed by atoms with Crippen LogP contribution in [0.5, 0.6) is 0 Å². The Bertz CT molecular complexity index is 291. The smallest absolute Gasteiger partial charge is 0.323 e. The van der Waals surface area contributed by atoms with E-state index in [0.717, 1.165) is 0 Å². The normalized spacial score (nSPS) is 19.3. The van der Waals surface area contributed by atoms with Gasteiger partial charge in [0.15, 0.2) is 0 Å². The van der Waals surface area contributed by atoms with Gasteiger partial charge in [-0.05, 0) is 13.8 Å². The number of aliphatic carboxylic acids is 1. The zero-order valence-electron chi connectivity index (χ0n) is 9.89. The Balaban J connectivity index is 2.68. The van der Waals surface area contributed by atoms with Crippen molar-refractivity contribution in [2.24, 2.45) is 0 Å². The summed E-state index contributed by atoms with van der Waals surface area (Å²) in [6, 6.07) is -0.268. The number of hydrogen-bond acceptors (Lipinski definition) is 3. The molecule has 6 heteroatoms. The summed E-state index contributed by atoms with van der Waals surface area (Å²) in [5, 5.41) is 8.62. The highest BCUT2D eigenvalue weighted by atomic mass is 16.5. The van der Waals surface area contributed by atoms with Crippen molar-refractivity contribution >= 4 is 12.0 Å². The highest BCUT2D eigenvalue weighted by Crippen LogP contribution is 2.20. The number of morpholine rings is 1. The summed E-state index contributed by atoms with van der Waals surface area (Å²) in [5.41, 5.74) is -0.387. The summed E-state index contributed by atoms with van der Waals surface area (Å²) in [5.74, 6) is -1.01. The second-order valence-electron chi connectivity index (χ2n) is 4.55. The van der Waals surface area contributed by atoms with Crippen LogP contribution >= 0.6 is 0 Å². The summed E-state index contributed by atoms with van der Waals surface area (Å²) in [4.78, 5) is 25.4. The maximum absolute atomic E-state index is 12.0. The van der Waals surface area contributed by atoms with Gasteiger partial charge < -0.3 is 19.6 Å². The zero-order chi connectivity index (χ0) is 12.3. The van der Waals surface area contributed by atoms with Gasteiger partial charge in [-0.2, -0.15) is 0 Å². The SMILES string of the molecule is CN(CC(=O)O)C(=O)N1CCOCC1(C)C. The maximum atomic E-state index is 12.0. The minimum atomic E-state index is -1.01. The molecule has 92 valence electrons. The van der Waals surface area contributed by atoms with Gasteiger partial charge in [0, 0.05) is 13.6 Å². The van der Waals surface area contributed by atoms with Gasteiger partial charge in [0.2, 0.25) is 0 Å². The molecule has 0 aromatic heterocycles. The molecular formula is C10H18N2O4. The van der Waals surface area contributed by atoms with E-state index < -0.39 is 5.97 Å². The summed E-state index contributed by atoms with van der Waals surface area (Å²) in [6.07, 6.45) is 0. The lowest BCUT2D eigenvalue weighted by molar-refractivity contribution is -0.137. The molecule has 1 saturated heterocycles. The highest BCUT2D eigenvalue weighted by molar-refractivity contribution is 5.80. The van der Waals surface area contributed by atoms with Gasteiger partial charge in [0.1, 0.15) is 6.54 Å². The van der Waals surface area contributed by atoms with Crippen molar-refractivity contribution in [1.82, 2.24) is 9.80 Å². The average molecular weight is 230 g/mol. The molecule has 1 fully saturated rings. The molecule has 0 aliphatic carbocycles. The van der Waals surface area contributed by atoms with E-state index in [1.807, 2.05) is 13.8 Å².